The number of thiazole rings is 2. The largest absolute Gasteiger partial charge is 0.490 e. The molecule has 0 atom stereocenters. The van der Waals surface area contributed by atoms with Gasteiger partial charge in [-0.1, -0.05) is 24.3 Å². The quantitative estimate of drug-likeness (QED) is 0.387. The lowest BCUT2D eigenvalue weighted by atomic mass is 10.2. The molecule has 1 amide bonds. The third-order valence-electron chi connectivity index (χ3n) is 4.27. The molecule has 6 nitrogen and oxygen atoms in total. The summed E-state index contributed by atoms with van der Waals surface area (Å²) in [5, 5.41) is 6.83. The highest BCUT2D eigenvalue weighted by molar-refractivity contribution is 7.22. The van der Waals surface area contributed by atoms with Gasteiger partial charge in [0.15, 0.2) is 22.2 Å². The zero-order valence-corrected chi connectivity index (χ0v) is 17.0. The summed E-state index contributed by atoms with van der Waals surface area (Å²) in [6, 6.07) is 15.2. The molecule has 0 unspecified atom stereocenters. The Balaban J connectivity index is 1.39. The SMILES string of the molecule is CCOc1cccc2cc(C(=O)Nc3nc(-c4nc5ccccc5s4)cs3)oc12. The third kappa shape index (κ3) is 3.37. The first-order valence-corrected chi connectivity index (χ1v) is 10.7. The van der Waals surface area contributed by atoms with E-state index >= 15 is 0 Å². The topological polar surface area (TPSA) is 77.2 Å². The second-order valence-corrected chi connectivity index (χ2v) is 8.09. The Labute approximate surface area is 173 Å². The number of nitrogens with one attached hydrogen (secondary N) is 1. The lowest BCUT2D eigenvalue weighted by Crippen LogP contribution is -2.10. The van der Waals surface area contributed by atoms with Gasteiger partial charge in [-0.2, -0.15) is 0 Å². The van der Waals surface area contributed by atoms with Gasteiger partial charge in [0, 0.05) is 10.8 Å². The van der Waals surface area contributed by atoms with Gasteiger partial charge in [0.25, 0.3) is 5.91 Å². The lowest BCUT2D eigenvalue weighted by molar-refractivity contribution is 0.0998. The summed E-state index contributed by atoms with van der Waals surface area (Å²) in [6.45, 7) is 2.43. The molecule has 0 aliphatic rings. The van der Waals surface area contributed by atoms with Crippen LogP contribution in [-0.2, 0) is 0 Å². The van der Waals surface area contributed by atoms with Crippen molar-refractivity contribution in [2.45, 2.75) is 6.92 Å². The van der Waals surface area contributed by atoms with Gasteiger partial charge in [-0.25, -0.2) is 9.97 Å². The second-order valence-electron chi connectivity index (χ2n) is 6.20. The maximum atomic E-state index is 12.6. The van der Waals surface area contributed by atoms with Gasteiger partial charge >= 0.3 is 0 Å². The van der Waals surface area contributed by atoms with E-state index in [9.17, 15) is 4.79 Å². The fourth-order valence-electron chi connectivity index (χ4n) is 2.99. The number of hydrogen-bond acceptors (Lipinski definition) is 7. The number of nitrogens with zero attached hydrogens (tertiary/aromatic N) is 2. The van der Waals surface area contributed by atoms with Crippen molar-refractivity contribution < 1.29 is 13.9 Å². The molecule has 8 heteroatoms. The standard InChI is InChI=1S/C21H15N3O3S2/c1-2-26-15-8-5-6-12-10-16(27-18(12)15)19(25)24-21-23-14(11-28-21)20-22-13-7-3-4-9-17(13)29-20/h3-11H,2H2,1H3,(H,23,24,25). The van der Waals surface area contributed by atoms with Gasteiger partial charge in [-0.15, -0.1) is 22.7 Å². The van der Waals surface area contributed by atoms with Gasteiger partial charge < -0.3 is 9.15 Å². The van der Waals surface area contributed by atoms with E-state index in [-0.39, 0.29) is 11.7 Å². The maximum Gasteiger partial charge on any atom is 0.293 e. The monoisotopic (exact) mass is 421 g/mol. The van der Waals surface area contributed by atoms with Crippen LogP contribution in [0.15, 0.2) is 58.3 Å². The van der Waals surface area contributed by atoms with E-state index in [4.69, 9.17) is 9.15 Å². The molecule has 144 valence electrons. The fraction of sp³-hybridized carbons (Fsp3) is 0.0952. The fourth-order valence-corrected chi connectivity index (χ4v) is 4.68. The summed E-state index contributed by atoms with van der Waals surface area (Å²) in [5.41, 5.74) is 2.25. The highest BCUT2D eigenvalue weighted by Gasteiger charge is 2.17. The first-order chi connectivity index (χ1) is 14.2. The number of carbonyl (C=O) groups excluding carboxylic acids is 1. The van der Waals surface area contributed by atoms with E-state index in [1.54, 1.807) is 17.4 Å². The zero-order valence-electron chi connectivity index (χ0n) is 15.3. The molecule has 0 aliphatic heterocycles. The van der Waals surface area contributed by atoms with Crippen LogP contribution in [0.3, 0.4) is 0 Å². The molecule has 0 saturated carbocycles. The molecule has 0 saturated heterocycles. The van der Waals surface area contributed by atoms with Gasteiger partial charge in [0.1, 0.15) is 10.7 Å². The number of fused-ring (bicyclic) bond motifs is 2. The van der Waals surface area contributed by atoms with E-state index in [0.717, 1.165) is 26.3 Å². The molecule has 5 aromatic rings. The van der Waals surface area contributed by atoms with Crippen LogP contribution in [0.1, 0.15) is 17.5 Å². The number of anilines is 1. The highest BCUT2D eigenvalue weighted by Crippen LogP contribution is 2.33. The van der Waals surface area contributed by atoms with Crippen LogP contribution < -0.4 is 10.1 Å². The van der Waals surface area contributed by atoms with Crippen LogP contribution in [0.5, 0.6) is 5.75 Å². The Morgan fingerprint density at radius 1 is 1.17 bits per heavy atom. The van der Waals surface area contributed by atoms with Crippen molar-refractivity contribution in [3.05, 3.63) is 59.7 Å². The van der Waals surface area contributed by atoms with Crippen LogP contribution in [0.2, 0.25) is 0 Å². The Bertz CT molecular complexity index is 1300. The number of benzene rings is 2. The van der Waals surface area contributed by atoms with Crippen LogP contribution in [0.4, 0.5) is 5.13 Å². The molecular weight excluding hydrogens is 406 g/mol. The van der Waals surface area contributed by atoms with Crippen molar-refractivity contribution in [2.24, 2.45) is 0 Å². The summed E-state index contributed by atoms with van der Waals surface area (Å²) in [5.74, 6) is 0.481. The van der Waals surface area contributed by atoms with E-state index in [0.29, 0.717) is 23.1 Å². The molecule has 1 N–H and O–H groups in total. The number of para-hydroxylation sites is 2. The second kappa shape index (κ2) is 7.31. The molecule has 0 fully saturated rings. The van der Waals surface area contributed by atoms with E-state index < -0.39 is 0 Å². The molecule has 5 rings (SSSR count). The van der Waals surface area contributed by atoms with Crippen molar-refractivity contribution in [1.82, 2.24) is 9.97 Å². The molecule has 0 spiro atoms. The van der Waals surface area contributed by atoms with Crippen LogP contribution in [0, 0.1) is 0 Å². The Kier molecular flexibility index (Phi) is 4.49. The number of rotatable bonds is 5. The minimum absolute atomic E-state index is 0.212. The number of carbonyl (C=O) groups is 1. The van der Waals surface area contributed by atoms with Crippen LogP contribution in [-0.4, -0.2) is 22.5 Å². The zero-order chi connectivity index (χ0) is 19.8. The minimum Gasteiger partial charge on any atom is -0.490 e. The van der Waals surface area contributed by atoms with Crippen LogP contribution in [0.25, 0.3) is 31.9 Å². The van der Waals surface area contributed by atoms with Crippen LogP contribution >= 0.6 is 22.7 Å². The van der Waals surface area contributed by atoms with Gasteiger partial charge in [0.2, 0.25) is 0 Å². The smallest absolute Gasteiger partial charge is 0.293 e. The predicted octanol–water partition coefficient (Wildman–Crippen LogP) is 5.82. The van der Waals surface area contributed by atoms with Gasteiger partial charge in [-0.3, -0.25) is 10.1 Å². The minimum atomic E-state index is -0.353. The molecule has 29 heavy (non-hydrogen) atoms. The normalized spacial score (nSPS) is 11.2. The van der Waals surface area contributed by atoms with Gasteiger partial charge in [-0.05, 0) is 31.2 Å². The Morgan fingerprint density at radius 3 is 2.93 bits per heavy atom. The van der Waals surface area contributed by atoms with Gasteiger partial charge in [0.05, 0.1) is 16.8 Å². The molecule has 0 radical (unpaired) electrons. The highest BCUT2D eigenvalue weighted by atomic mass is 32.1. The molecule has 2 aromatic carbocycles. The third-order valence-corrected chi connectivity index (χ3v) is 6.09. The molecular formula is C21H15N3O3S2. The number of furan rings is 1. The molecule has 3 aromatic heterocycles. The first-order valence-electron chi connectivity index (χ1n) is 8.99. The summed E-state index contributed by atoms with van der Waals surface area (Å²) in [6.07, 6.45) is 0. The lowest BCUT2D eigenvalue weighted by Gasteiger charge is -2.02. The summed E-state index contributed by atoms with van der Waals surface area (Å²) < 4.78 is 12.4. The summed E-state index contributed by atoms with van der Waals surface area (Å²) in [7, 11) is 0. The molecule has 3 heterocycles. The van der Waals surface area contributed by atoms with Crippen molar-refractivity contribution in [2.75, 3.05) is 11.9 Å². The number of amides is 1. The van der Waals surface area contributed by atoms with Crippen molar-refractivity contribution >= 4 is 54.9 Å². The number of ether oxygens (including phenoxy) is 1. The summed E-state index contributed by atoms with van der Waals surface area (Å²) >= 11 is 2.93. The summed E-state index contributed by atoms with van der Waals surface area (Å²) in [4.78, 5) is 21.8. The van der Waals surface area contributed by atoms with Crippen molar-refractivity contribution in [3.63, 3.8) is 0 Å². The Morgan fingerprint density at radius 2 is 2.07 bits per heavy atom. The maximum absolute atomic E-state index is 12.6. The molecule has 0 bridgehead atoms. The van der Waals surface area contributed by atoms with Crippen molar-refractivity contribution in [1.29, 1.82) is 0 Å². The van der Waals surface area contributed by atoms with E-state index in [1.807, 2.05) is 54.8 Å². The van der Waals surface area contributed by atoms with Crippen molar-refractivity contribution in [3.8, 4) is 16.5 Å². The molecule has 0 aliphatic carbocycles. The number of hydrogen-bond donors (Lipinski definition) is 1. The van der Waals surface area contributed by atoms with E-state index in [1.165, 1.54) is 11.3 Å². The Hall–Kier alpha value is -3.23. The predicted molar refractivity (Wildman–Crippen MR) is 116 cm³/mol. The number of aromatic nitrogens is 2. The van der Waals surface area contributed by atoms with E-state index in [2.05, 4.69) is 15.3 Å². The first kappa shape index (κ1) is 17.8. The average molecular weight is 422 g/mol. The average Bonchev–Trinajstić information content (AvgIpc) is 3.45.